The lowest BCUT2D eigenvalue weighted by Gasteiger charge is -2.26. The van der Waals surface area contributed by atoms with Crippen LogP contribution in [0.15, 0.2) is 12.1 Å². The molecule has 20 heavy (non-hydrogen) atoms. The second kappa shape index (κ2) is 7.21. The van der Waals surface area contributed by atoms with Gasteiger partial charge in [-0.3, -0.25) is 4.90 Å². The summed E-state index contributed by atoms with van der Waals surface area (Å²) in [6.07, 6.45) is 0. The van der Waals surface area contributed by atoms with E-state index in [-0.39, 0.29) is 5.97 Å². The van der Waals surface area contributed by atoms with Gasteiger partial charge in [-0.05, 0) is 19.1 Å². The predicted octanol–water partition coefficient (Wildman–Crippen LogP) is 0.921. The van der Waals surface area contributed by atoms with Gasteiger partial charge in [0.05, 0.1) is 31.6 Å². The molecule has 1 fully saturated rings. The highest BCUT2D eigenvalue weighted by Crippen LogP contribution is 2.11. The summed E-state index contributed by atoms with van der Waals surface area (Å²) in [6.45, 7) is 7.17. The van der Waals surface area contributed by atoms with Crippen LogP contribution in [0.2, 0.25) is 0 Å². The van der Waals surface area contributed by atoms with Gasteiger partial charge in [0.15, 0.2) is 0 Å². The van der Waals surface area contributed by atoms with Crippen LogP contribution < -0.4 is 5.32 Å². The van der Waals surface area contributed by atoms with Crippen molar-refractivity contribution in [3.05, 3.63) is 23.4 Å². The van der Waals surface area contributed by atoms with E-state index in [1.54, 1.807) is 19.1 Å². The van der Waals surface area contributed by atoms with Crippen LogP contribution in [0.4, 0.5) is 5.82 Å². The van der Waals surface area contributed by atoms with Crippen molar-refractivity contribution in [1.82, 2.24) is 9.88 Å². The first-order valence-electron chi connectivity index (χ1n) is 6.80. The molecule has 0 aromatic carbocycles. The van der Waals surface area contributed by atoms with Gasteiger partial charge in [-0.1, -0.05) is 0 Å². The molecule has 0 saturated carbocycles. The molecule has 0 amide bonds. The van der Waals surface area contributed by atoms with Crippen LogP contribution in [0.25, 0.3) is 0 Å². The van der Waals surface area contributed by atoms with E-state index in [9.17, 15) is 4.79 Å². The average Bonchev–Trinajstić information content (AvgIpc) is 2.48. The molecule has 0 atom stereocenters. The number of nitrogens with one attached hydrogen (secondary N) is 1. The van der Waals surface area contributed by atoms with Gasteiger partial charge in [0.2, 0.25) is 0 Å². The molecule has 1 aliphatic rings. The summed E-state index contributed by atoms with van der Waals surface area (Å²) in [4.78, 5) is 18.2. The van der Waals surface area contributed by atoms with Crippen LogP contribution in [0.3, 0.4) is 0 Å². The van der Waals surface area contributed by atoms with E-state index in [1.807, 2.05) is 0 Å². The summed E-state index contributed by atoms with van der Waals surface area (Å²) in [5.74, 6) is 0.429. The van der Waals surface area contributed by atoms with Gasteiger partial charge in [-0.2, -0.15) is 0 Å². The number of nitrogens with zero attached hydrogens (tertiary/aromatic N) is 2. The van der Waals surface area contributed by atoms with Crippen LogP contribution in [0.1, 0.15) is 16.1 Å². The zero-order valence-electron chi connectivity index (χ0n) is 12.0. The largest absolute Gasteiger partial charge is 0.465 e. The van der Waals surface area contributed by atoms with Gasteiger partial charge in [0.25, 0.3) is 0 Å². The maximum atomic E-state index is 11.5. The fourth-order valence-corrected chi connectivity index (χ4v) is 2.15. The van der Waals surface area contributed by atoms with Crippen LogP contribution in [0, 0.1) is 6.92 Å². The number of pyridine rings is 1. The SMILES string of the molecule is COC(=O)c1ccc(NCCN2CCOCC2)nc1C. The third-order valence-electron chi connectivity index (χ3n) is 3.33. The molecular formula is C14H21N3O3. The number of anilines is 1. The lowest BCUT2D eigenvalue weighted by atomic mass is 10.2. The summed E-state index contributed by atoms with van der Waals surface area (Å²) < 4.78 is 10.0. The molecule has 110 valence electrons. The molecule has 1 aromatic rings. The number of esters is 1. The summed E-state index contributed by atoms with van der Waals surface area (Å²) in [7, 11) is 1.37. The number of carbonyl (C=O) groups is 1. The molecule has 0 unspecified atom stereocenters. The van der Waals surface area contributed by atoms with E-state index in [1.165, 1.54) is 7.11 Å². The minimum atomic E-state index is -0.352. The summed E-state index contributed by atoms with van der Waals surface area (Å²) in [5.41, 5.74) is 1.18. The molecule has 2 rings (SSSR count). The lowest BCUT2D eigenvalue weighted by Crippen LogP contribution is -2.39. The quantitative estimate of drug-likeness (QED) is 0.809. The Balaban J connectivity index is 1.84. The van der Waals surface area contributed by atoms with Crippen molar-refractivity contribution < 1.29 is 14.3 Å². The first-order valence-corrected chi connectivity index (χ1v) is 6.80. The first-order chi connectivity index (χ1) is 9.70. The van der Waals surface area contributed by atoms with E-state index in [0.717, 1.165) is 45.2 Å². The third kappa shape index (κ3) is 3.91. The number of hydrogen-bond acceptors (Lipinski definition) is 6. The maximum Gasteiger partial charge on any atom is 0.339 e. The van der Waals surface area contributed by atoms with E-state index >= 15 is 0 Å². The van der Waals surface area contributed by atoms with Crippen molar-refractivity contribution in [3.8, 4) is 0 Å². The number of rotatable bonds is 5. The highest BCUT2D eigenvalue weighted by molar-refractivity contribution is 5.90. The van der Waals surface area contributed by atoms with Crippen LogP contribution in [-0.2, 0) is 9.47 Å². The molecule has 1 aromatic heterocycles. The predicted molar refractivity (Wildman–Crippen MR) is 76.1 cm³/mol. The van der Waals surface area contributed by atoms with Crippen molar-refractivity contribution in [2.24, 2.45) is 0 Å². The zero-order chi connectivity index (χ0) is 14.4. The van der Waals surface area contributed by atoms with Gasteiger partial charge >= 0.3 is 5.97 Å². The molecule has 0 aliphatic carbocycles. The standard InChI is InChI=1S/C14H21N3O3/c1-11-12(14(18)19-2)3-4-13(16-11)15-5-6-17-7-9-20-10-8-17/h3-4H,5-10H2,1-2H3,(H,15,16). The number of aryl methyl sites for hydroxylation is 1. The second-order valence-electron chi connectivity index (χ2n) is 4.70. The Hall–Kier alpha value is -1.66. The molecular weight excluding hydrogens is 258 g/mol. The second-order valence-corrected chi connectivity index (χ2v) is 4.70. The Bertz CT molecular complexity index is 459. The van der Waals surface area contributed by atoms with Gasteiger partial charge < -0.3 is 14.8 Å². The third-order valence-corrected chi connectivity index (χ3v) is 3.33. The fourth-order valence-electron chi connectivity index (χ4n) is 2.15. The molecule has 0 radical (unpaired) electrons. The van der Waals surface area contributed by atoms with Gasteiger partial charge in [0, 0.05) is 26.2 Å². The van der Waals surface area contributed by atoms with Crippen molar-refractivity contribution >= 4 is 11.8 Å². The Morgan fingerprint density at radius 1 is 1.45 bits per heavy atom. The Kier molecular flexibility index (Phi) is 5.31. The molecule has 6 heteroatoms. The average molecular weight is 279 g/mol. The van der Waals surface area contributed by atoms with Gasteiger partial charge in [-0.25, -0.2) is 9.78 Å². The topological polar surface area (TPSA) is 63.7 Å². The lowest BCUT2D eigenvalue weighted by molar-refractivity contribution is 0.0398. The number of hydrogen-bond donors (Lipinski definition) is 1. The van der Waals surface area contributed by atoms with Crippen molar-refractivity contribution in [2.45, 2.75) is 6.92 Å². The molecule has 1 saturated heterocycles. The molecule has 1 N–H and O–H groups in total. The number of morpholine rings is 1. The van der Waals surface area contributed by atoms with E-state index in [0.29, 0.717) is 11.3 Å². The van der Waals surface area contributed by atoms with Gasteiger partial charge in [-0.15, -0.1) is 0 Å². The van der Waals surface area contributed by atoms with Crippen LogP contribution in [0.5, 0.6) is 0 Å². The zero-order valence-corrected chi connectivity index (χ0v) is 12.0. The summed E-state index contributed by atoms with van der Waals surface area (Å²) in [6, 6.07) is 3.55. The molecule has 2 heterocycles. The Labute approximate surface area is 119 Å². The number of methoxy groups -OCH3 is 1. The summed E-state index contributed by atoms with van der Waals surface area (Å²) >= 11 is 0. The molecule has 0 spiro atoms. The number of ether oxygens (including phenoxy) is 2. The van der Waals surface area contributed by atoms with Crippen molar-refractivity contribution in [2.75, 3.05) is 51.8 Å². The molecule has 1 aliphatic heterocycles. The van der Waals surface area contributed by atoms with E-state index in [4.69, 9.17) is 9.47 Å². The van der Waals surface area contributed by atoms with E-state index in [2.05, 4.69) is 15.2 Å². The Morgan fingerprint density at radius 3 is 2.85 bits per heavy atom. The Morgan fingerprint density at radius 2 is 2.20 bits per heavy atom. The normalized spacial score (nSPS) is 15.9. The fraction of sp³-hybridized carbons (Fsp3) is 0.571. The van der Waals surface area contributed by atoms with Crippen molar-refractivity contribution in [1.29, 1.82) is 0 Å². The van der Waals surface area contributed by atoms with E-state index < -0.39 is 0 Å². The monoisotopic (exact) mass is 279 g/mol. The smallest absolute Gasteiger partial charge is 0.339 e. The maximum absolute atomic E-state index is 11.5. The van der Waals surface area contributed by atoms with Crippen molar-refractivity contribution in [3.63, 3.8) is 0 Å². The highest BCUT2D eigenvalue weighted by atomic mass is 16.5. The minimum Gasteiger partial charge on any atom is -0.465 e. The van der Waals surface area contributed by atoms with Gasteiger partial charge in [0.1, 0.15) is 5.82 Å². The minimum absolute atomic E-state index is 0.352. The van der Waals surface area contributed by atoms with Crippen LogP contribution in [-0.4, -0.2) is 62.4 Å². The first kappa shape index (κ1) is 14.7. The number of carbonyl (C=O) groups excluding carboxylic acids is 1. The highest BCUT2D eigenvalue weighted by Gasteiger charge is 2.11. The molecule has 0 bridgehead atoms. The summed E-state index contributed by atoms with van der Waals surface area (Å²) in [5, 5.41) is 3.27. The molecule has 6 nitrogen and oxygen atoms in total. The van der Waals surface area contributed by atoms with Crippen LogP contribution >= 0.6 is 0 Å². The number of aromatic nitrogens is 1.